The SMILES string of the molecule is CSCC[C@H](NN(c1ccc(NC(=S)Nc2ccc(C(N)=O)cc2)cc1Cl)C1CCN(C)C1)C(=O)O. The highest BCUT2D eigenvalue weighted by molar-refractivity contribution is 7.98. The van der Waals surface area contributed by atoms with E-state index in [1.807, 2.05) is 30.4 Å². The first kappa shape index (κ1) is 28.0. The van der Waals surface area contributed by atoms with Crippen LogP contribution in [0.15, 0.2) is 42.5 Å². The number of benzene rings is 2. The number of likely N-dealkylation sites (tertiary alicyclic amines) is 1. The number of hydrogen-bond acceptors (Lipinski definition) is 7. The number of carboxylic acid groups (broad SMARTS) is 1. The van der Waals surface area contributed by atoms with Crippen LogP contribution in [0.3, 0.4) is 0 Å². The molecule has 1 aliphatic heterocycles. The Hall–Kier alpha value is -2.57. The van der Waals surface area contributed by atoms with E-state index < -0.39 is 17.9 Å². The second-order valence-corrected chi connectivity index (χ2v) is 10.4. The van der Waals surface area contributed by atoms with E-state index in [1.54, 1.807) is 42.1 Å². The van der Waals surface area contributed by atoms with Crippen LogP contribution in [0.5, 0.6) is 0 Å². The van der Waals surface area contributed by atoms with Gasteiger partial charge in [-0.3, -0.25) is 9.59 Å². The molecule has 1 amide bonds. The molecule has 0 saturated carbocycles. The van der Waals surface area contributed by atoms with Crippen molar-refractivity contribution in [2.45, 2.75) is 24.9 Å². The van der Waals surface area contributed by atoms with Crippen LogP contribution in [0.4, 0.5) is 17.1 Å². The fraction of sp³-hybridized carbons (Fsp3) is 0.375. The molecule has 1 heterocycles. The van der Waals surface area contributed by atoms with Crippen LogP contribution in [-0.4, -0.2) is 71.2 Å². The Morgan fingerprint density at radius 3 is 2.47 bits per heavy atom. The summed E-state index contributed by atoms with van der Waals surface area (Å²) in [6, 6.07) is 11.5. The number of halogens is 1. The number of aliphatic carboxylic acids is 1. The minimum Gasteiger partial charge on any atom is -0.480 e. The maximum absolute atomic E-state index is 11.9. The van der Waals surface area contributed by atoms with Gasteiger partial charge in [0.25, 0.3) is 0 Å². The smallest absolute Gasteiger partial charge is 0.322 e. The number of amides is 1. The Balaban J connectivity index is 1.74. The third-order valence-electron chi connectivity index (χ3n) is 5.83. The average molecular weight is 551 g/mol. The van der Waals surface area contributed by atoms with E-state index in [0.717, 1.165) is 25.3 Å². The number of nitrogens with one attached hydrogen (secondary N) is 3. The highest BCUT2D eigenvalue weighted by Crippen LogP contribution is 2.31. The molecule has 0 bridgehead atoms. The largest absolute Gasteiger partial charge is 0.480 e. The van der Waals surface area contributed by atoms with Gasteiger partial charge in [-0.25, -0.2) is 5.43 Å². The summed E-state index contributed by atoms with van der Waals surface area (Å²) in [6.07, 6.45) is 3.34. The second kappa shape index (κ2) is 13.1. The first-order chi connectivity index (χ1) is 17.2. The Bertz CT molecular complexity index is 1090. The van der Waals surface area contributed by atoms with Crippen molar-refractivity contribution >= 4 is 69.6 Å². The highest BCUT2D eigenvalue weighted by Gasteiger charge is 2.31. The normalized spacial score (nSPS) is 16.4. The molecule has 2 aromatic carbocycles. The van der Waals surface area contributed by atoms with Crippen molar-refractivity contribution in [1.82, 2.24) is 10.3 Å². The number of anilines is 3. The van der Waals surface area contributed by atoms with Gasteiger partial charge in [0.05, 0.1) is 16.8 Å². The summed E-state index contributed by atoms with van der Waals surface area (Å²) in [5, 5.41) is 18.6. The number of primary amides is 1. The fourth-order valence-electron chi connectivity index (χ4n) is 3.93. The van der Waals surface area contributed by atoms with E-state index in [4.69, 9.17) is 29.6 Å². The fourth-order valence-corrected chi connectivity index (χ4v) is 4.91. The maximum atomic E-state index is 11.9. The lowest BCUT2D eigenvalue weighted by molar-refractivity contribution is -0.139. The molecule has 0 spiro atoms. The molecule has 0 aromatic heterocycles. The zero-order chi connectivity index (χ0) is 26.2. The molecule has 1 saturated heterocycles. The number of likely N-dealkylation sites (N-methyl/N-ethyl adjacent to an activating group) is 1. The molecule has 3 rings (SSSR count). The Kier molecular flexibility index (Phi) is 10.2. The van der Waals surface area contributed by atoms with E-state index in [0.29, 0.717) is 39.2 Å². The molecule has 36 heavy (non-hydrogen) atoms. The lowest BCUT2D eigenvalue weighted by atomic mass is 10.2. The molecule has 1 unspecified atom stereocenters. The summed E-state index contributed by atoms with van der Waals surface area (Å²) in [4.78, 5) is 25.4. The van der Waals surface area contributed by atoms with Gasteiger partial charge in [0.15, 0.2) is 5.11 Å². The molecule has 2 atom stereocenters. The van der Waals surface area contributed by atoms with Crippen molar-refractivity contribution in [3.05, 3.63) is 53.1 Å². The standard InChI is InChI=1S/C24H31ClN6O3S2/c1-30-11-9-18(14-30)31(29-20(23(33)34)10-12-36-2)21-8-7-17(13-19(21)25)28-24(35)27-16-5-3-15(4-6-16)22(26)32/h3-8,13,18,20,29H,9-12,14H2,1-2H3,(H2,26,32)(H,33,34)(H2,27,28,35)/t18?,20-/m0/s1. The minimum atomic E-state index is -0.893. The van der Waals surface area contributed by atoms with E-state index in [-0.39, 0.29) is 6.04 Å². The Morgan fingerprint density at radius 1 is 1.25 bits per heavy atom. The van der Waals surface area contributed by atoms with Gasteiger partial charge in [0.1, 0.15) is 6.04 Å². The summed E-state index contributed by atoms with van der Waals surface area (Å²) in [5.41, 5.74) is 11.0. The van der Waals surface area contributed by atoms with Crippen LogP contribution in [0.25, 0.3) is 0 Å². The number of carbonyl (C=O) groups excluding carboxylic acids is 1. The molecule has 0 radical (unpaired) electrons. The van der Waals surface area contributed by atoms with Crippen molar-refractivity contribution in [2.24, 2.45) is 5.73 Å². The minimum absolute atomic E-state index is 0.0774. The second-order valence-electron chi connectivity index (χ2n) is 8.56. The summed E-state index contributed by atoms with van der Waals surface area (Å²) in [7, 11) is 2.05. The van der Waals surface area contributed by atoms with Crippen LogP contribution in [0.2, 0.25) is 5.02 Å². The molecule has 9 nitrogen and oxygen atoms in total. The van der Waals surface area contributed by atoms with E-state index >= 15 is 0 Å². The van der Waals surface area contributed by atoms with Gasteiger partial charge in [-0.1, -0.05) is 11.6 Å². The predicted octanol–water partition coefficient (Wildman–Crippen LogP) is 3.47. The van der Waals surface area contributed by atoms with Crippen LogP contribution in [0.1, 0.15) is 23.2 Å². The number of carboxylic acids is 1. The molecule has 1 aliphatic rings. The number of hydrazine groups is 1. The molecule has 6 N–H and O–H groups in total. The lowest BCUT2D eigenvalue weighted by Crippen LogP contribution is -2.54. The molecule has 194 valence electrons. The molecule has 2 aromatic rings. The molecular formula is C24H31ClN6O3S2. The van der Waals surface area contributed by atoms with E-state index in [2.05, 4.69) is 21.0 Å². The number of thiocarbonyl (C=S) groups is 1. The van der Waals surface area contributed by atoms with Crippen LogP contribution in [0, 0.1) is 0 Å². The summed E-state index contributed by atoms with van der Waals surface area (Å²) < 4.78 is 0. The van der Waals surface area contributed by atoms with Gasteiger partial charge in [0.2, 0.25) is 5.91 Å². The third-order valence-corrected chi connectivity index (χ3v) is 6.98. The third kappa shape index (κ3) is 7.71. The van der Waals surface area contributed by atoms with Crippen LogP contribution >= 0.6 is 35.6 Å². The van der Waals surface area contributed by atoms with Crippen LogP contribution in [-0.2, 0) is 4.79 Å². The van der Waals surface area contributed by atoms with Crippen molar-refractivity contribution < 1.29 is 14.7 Å². The predicted molar refractivity (Wildman–Crippen MR) is 152 cm³/mol. The Labute approximate surface area is 225 Å². The highest BCUT2D eigenvalue weighted by atomic mass is 35.5. The van der Waals surface area contributed by atoms with E-state index in [9.17, 15) is 14.7 Å². The van der Waals surface area contributed by atoms with Gasteiger partial charge in [-0.2, -0.15) is 11.8 Å². The zero-order valence-corrected chi connectivity index (χ0v) is 22.6. The number of rotatable bonds is 11. The lowest BCUT2D eigenvalue weighted by Gasteiger charge is -2.34. The van der Waals surface area contributed by atoms with Gasteiger partial charge in [-0.05, 0) is 93.1 Å². The first-order valence-corrected chi connectivity index (χ1v) is 13.6. The van der Waals surface area contributed by atoms with Gasteiger partial charge in [0, 0.05) is 23.5 Å². The van der Waals surface area contributed by atoms with Crippen molar-refractivity contribution in [1.29, 1.82) is 0 Å². The number of carbonyl (C=O) groups is 2. The zero-order valence-electron chi connectivity index (χ0n) is 20.2. The number of hydrogen-bond donors (Lipinski definition) is 5. The van der Waals surface area contributed by atoms with Crippen molar-refractivity contribution in [2.75, 3.05) is 47.8 Å². The number of thioether (sulfide) groups is 1. The molecule has 1 fully saturated rings. The first-order valence-electron chi connectivity index (χ1n) is 11.4. The Morgan fingerprint density at radius 2 is 1.92 bits per heavy atom. The summed E-state index contributed by atoms with van der Waals surface area (Å²) in [5.74, 6) is -0.659. The summed E-state index contributed by atoms with van der Waals surface area (Å²) >= 11 is 13.7. The quantitative estimate of drug-likeness (QED) is 0.210. The van der Waals surface area contributed by atoms with Crippen molar-refractivity contribution in [3.8, 4) is 0 Å². The topological polar surface area (TPSA) is 123 Å². The van der Waals surface area contributed by atoms with Gasteiger partial charge >= 0.3 is 5.97 Å². The van der Waals surface area contributed by atoms with E-state index in [1.165, 1.54) is 0 Å². The van der Waals surface area contributed by atoms with Crippen LogP contribution < -0.4 is 26.8 Å². The number of nitrogens with zero attached hydrogens (tertiary/aromatic N) is 2. The molecule has 12 heteroatoms. The van der Waals surface area contributed by atoms with Gasteiger partial charge in [-0.15, -0.1) is 0 Å². The average Bonchev–Trinajstić information content (AvgIpc) is 3.26. The number of nitrogens with two attached hydrogens (primary N) is 1. The molecule has 0 aliphatic carbocycles. The maximum Gasteiger partial charge on any atom is 0.322 e. The van der Waals surface area contributed by atoms with Crippen molar-refractivity contribution in [3.63, 3.8) is 0 Å². The monoisotopic (exact) mass is 550 g/mol. The summed E-state index contributed by atoms with van der Waals surface area (Å²) in [6.45, 7) is 1.71. The molecular weight excluding hydrogens is 520 g/mol. The van der Waals surface area contributed by atoms with Gasteiger partial charge < -0.3 is 31.4 Å².